The number of H-pyrrole nitrogens is 1. The number of hydrogen-bond donors (Lipinski definition) is 1. The van der Waals surface area contributed by atoms with Crippen molar-refractivity contribution in [3.63, 3.8) is 0 Å². The van der Waals surface area contributed by atoms with E-state index in [0.29, 0.717) is 46.8 Å². The second kappa shape index (κ2) is 8.31. The van der Waals surface area contributed by atoms with Gasteiger partial charge in [0.25, 0.3) is 0 Å². The minimum atomic E-state index is -2.63. The summed E-state index contributed by atoms with van der Waals surface area (Å²) in [6, 6.07) is 3.15. The zero-order chi connectivity index (χ0) is 26.0. The van der Waals surface area contributed by atoms with Crippen LogP contribution in [0.4, 0.5) is 8.78 Å². The zero-order valence-electron chi connectivity index (χ0n) is 21.5. The molecule has 1 N–H and O–H groups in total. The Bertz CT molecular complexity index is 1510. The highest BCUT2D eigenvalue weighted by Crippen LogP contribution is 2.42. The van der Waals surface area contributed by atoms with Gasteiger partial charge in [-0.25, -0.2) is 18.4 Å². The van der Waals surface area contributed by atoms with E-state index in [4.69, 9.17) is 5.10 Å². The number of nitrogens with one attached hydrogen (secondary N) is 1. The molecule has 4 aromatic rings. The molecule has 8 nitrogen and oxygen atoms in total. The van der Waals surface area contributed by atoms with Gasteiger partial charge in [0.05, 0.1) is 34.0 Å². The Hall–Kier alpha value is -3.43. The van der Waals surface area contributed by atoms with Gasteiger partial charge < -0.3 is 4.98 Å². The molecule has 36 heavy (non-hydrogen) atoms. The van der Waals surface area contributed by atoms with Crippen LogP contribution < -0.4 is 5.43 Å². The van der Waals surface area contributed by atoms with Crippen molar-refractivity contribution in [2.24, 2.45) is 7.05 Å². The van der Waals surface area contributed by atoms with Gasteiger partial charge in [-0.2, -0.15) is 10.2 Å². The number of hydrogen-bond acceptors (Lipinski definition) is 5. The summed E-state index contributed by atoms with van der Waals surface area (Å²) in [6.07, 6.45) is 1.97. The number of aryl methyl sites for hydroxylation is 2. The van der Waals surface area contributed by atoms with E-state index in [1.54, 1.807) is 37.0 Å². The Labute approximate surface area is 207 Å². The lowest BCUT2D eigenvalue weighted by Gasteiger charge is -2.29. The molecule has 0 aliphatic heterocycles. The molecule has 1 fully saturated rings. The van der Waals surface area contributed by atoms with Crippen LogP contribution in [0.2, 0.25) is 0 Å². The second-order valence-electron chi connectivity index (χ2n) is 10.8. The number of aromatic nitrogens is 7. The summed E-state index contributed by atoms with van der Waals surface area (Å²) < 4.78 is 31.3. The van der Waals surface area contributed by atoms with E-state index in [2.05, 4.69) is 40.8 Å². The molecule has 190 valence electrons. The third-order valence-electron chi connectivity index (χ3n) is 6.97. The highest BCUT2D eigenvalue weighted by Gasteiger charge is 2.38. The second-order valence-corrected chi connectivity index (χ2v) is 10.8. The molecule has 1 aliphatic rings. The predicted molar refractivity (Wildman–Crippen MR) is 134 cm³/mol. The first-order valence-corrected chi connectivity index (χ1v) is 12.2. The van der Waals surface area contributed by atoms with Crippen LogP contribution in [-0.4, -0.2) is 40.4 Å². The molecular formula is C26H31F2N7O. The van der Waals surface area contributed by atoms with Crippen molar-refractivity contribution in [2.75, 3.05) is 0 Å². The first-order chi connectivity index (χ1) is 16.9. The molecule has 0 unspecified atom stereocenters. The van der Waals surface area contributed by atoms with Crippen molar-refractivity contribution in [1.29, 1.82) is 0 Å². The molecule has 5 rings (SSSR count). The minimum Gasteiger partial charge on any atom is -0.353 e. The highest BCUT2D eigenvalue weighted by molar-refractivity contribution is 5.91. The van der Waals surface area contributed by atoms with Crippen LogP contribution in [-0.2, 0) is 12.5 Å². The van der Waals surface area contributed by atoms with E-state index in [-0.39, 0.29) is 29.7 Å². The minimum absolute atomic E-state index is 0.164. The molecular weight excluding hydrogens is 464 g/mol. The number of fused-ring (bicyclic) bond motifs is 1. The fourth-order valence-corrected chi connectivity index (χ4v) is 5.30. The van der Waals surface area contributed by atoms with Crippen molar-refractivity contribution in [3.8, 4) is 22.9 Å². The van der Waals surface area contributed by atoms with E-state index in [1.165, 1.54) is 0 Å². The van der Waals surface area contributed by atoms with Crippen LogP contribution in [0.25, 0.3) is 33.8 Å². The van der Waals surface area contributed by atoms with Gasteiger partial charge in [-0.3, -0.25) is 14.5 Å². The normalized spacial score (nSPS) is 16.7. The van der Waals surface area contributed by atoms with Gasteiger partial charge in [0, 0.05) is 43.1 Å². The maximum absolute atomic E-state index is 13.9. The number of alkyl halides is 2. The SMILES string of the molecule is Cc1nc(-c2nccc3[nH]c(-c4c(C)c(C(C)(C)C)nn4C4CCC(F)(F)CC4)cc(=O)c23)n(C)n1. The van der Waals surface area contributed by atoms with Crippen molar-refractivity contribution < 1.29 is 8.78 Å². The molecule has 0 radical (unpaired) electrons. The summed E-state index contributed by atoms with van der Waals surface area (Å²) in [4.78, 5) is 25.8. The van der Waals surface area contributed by atoms with E-state index in [0.717, 1.165) is 17.0 Å². The molecule has 0 amide bonds. The third-order valence-corrected chi connectivity index (χ3v) is 6.97. The predicted octanol–water partition coefficient (Wildman–Crippen LogP) is 5.25. The summed E-state index contributed by atoms with van der Waals surface area (Å²) in [5.74, 6) is -1.53. The summed E-state index contributed by atoms with van der Waals surface area (Å²) in [5.41, 5.74) is 3.82. The zero-order valence-corrected chi connectivity index (χ0v) is 21.5. The average Bonchev–Trinajstić information content (AvgIpc) is 3.31. The first kappa shape index (κ1) is 24.3. The molecule has 0 saturated heterocycles. The number of aromatic amines is 1. The van der Waals surface area contributed by atoms with Crippen LogP contribution >= 0.6 is 0 Å². The third kappa shape index (κ3) is 4.12. The molecule has 0 spiro atoms. The van der Waals surface area contributed by atoms with E-state index in [9.17, 15) is 13.6 Å². The van der Waals surface area contributed by atoms with E-state index < -0.39 is 5.92 Å². The van der Waals surface area contributed by atoms with Crippen molar-refractivity contribution in [3.05, 3.63) is 45.6 Å². The molecule has 0 aromatic carbocycles. The van der Waals surface area contributed by atoms with Gasteiger partial charge in [-0.05, 0) is 32.8 Å². The molecule has 4 heterocycles. The van der Waals surface area contributed by atoms with Gasteiger partial charge in [0.2, 0.25) is 5.92 Å². The monoisotopic (exact) mass is 495 g/mol. The summed E-state index contributed by atoms with van der Waals surface area (Å²) in [7, 11) is 1.77. The van der Waals surface area contributed by atoms with Gasteiger partial charge in [0.15, 0.2) is 11.3 Å². The van der Waals surface area contributed by atoms with Crippen LogP contribution in [0.5, 0.6) is 0 Å². The quantitative estimate of drug-likeness (QED) is 0.419. The van der Waals surface area contributed by atoms with Crippen LogP contribution in [0.3, 0.4) is 0 Å². The summed E-state index contributed by atoms with van der Waals surface area (Å²) in [6.45, 7) is 10.0. The van der Waals surface area contributed by atoms with Gasteiger partial charge in [-0.1, -0.05) is 20.8 Å². The Morgan fingerprint density at radius 3 is 2.44 bits per heavy atom. The van der Waals surface area contributed by atoms with Crippen molar-refractivity contribution >= 4 is 10.9 Å². The standard InChI is InChI=1S/C26H31F2N7O/c1-14-22(35(33-23(14)25(3,4)5)16-7-10-26(27,28)11-8-16)18-13-19(36)20-17(31-18)9-12-29-21(20)24-30-15(2)32-34(24)6/h9,12-13,16H,7-8,10-11H2,1-6H3,(H,31,36). The van der Waals surface area contributed by atoms with Crippen LogP contribution in [0, 0.1) is 13.8 Å². The Balaban J connectivity index is 1.70. The average molecular weight is 496 g/mol. The number of pyridine rings is 2. The number of halogens is 2. The smallest absolute Gasteiger partial charge is 0.248 e. The van der Waals surface area contributed by atoms with Crippen LogP contribution in [0.1, 0.15) is 69.6 Å². The molecule has 4 aromatic heterocycles. The first-order valence-electron chi connectivity index (χ1n) is 12.2. The molecule has 10 heteroatoms. The lowest BCUT2D eigenvalue weighted by atomic mass is 9.88. The number of nitrogens with zero attached hydrogens (tertiary/aromatic N) is 6. The van der Waals surface area contributed by atoms with Crippen LogP contribution in [0.15, 0.2) is 23.1 Å². The summed E-state index contributed by atoms with van der Waals surface area (Å²) in [5, 5.41) is 9.65. The lowest BCUT2D eigenvalue weighted by Crippen LogP contribution is -2.27. The number of rotatable bonds is 3. The fraction of sp³-hybridized carbons (Fsp3) is 0.500. The van der Waals surface area contributed by atoms with E-state index >= 15 is 0 Å². The maximum atomic E-state index is 13.9. The van der Waals surface area contributed by atoms with Crippen molar-refractivity contribution in [1.82, 2.24) is 34.5 Å². The fourth-order valence-electron chi connectivity index (χ4n) is 5.30. The highest BCUT2D eigenvalue weighted by atomic mass is 19.3. The van der Waals surface area contributed by atoms with Gasteiger partial charge in [0.1, 0.15) is 11.5 Å². The molecule has 1 saturated carbocycles. The summed E-state index contributed by atoms with van der Waals surface area (Å²) >= 11 is 0. The Kier molecular flexibility index (Phi) is 5.61. The maximum Gasteiger partial charge on any atom is 0.248 e. The van der Waals surface area contributed by atoms with Gasteiger partial charge >= 0.3 is 0 Å². The van der Waals surface area contributed by atoms with E-state index in [1.807, 2.05) is 11.6 Å². The molecule has 0 bridgehead atoms. The molecule has 1 aliphatic carbocycles. The topological polar surface area (TPSA) is 94.3 Å². The molecule has 0 atom stereocenters. The Morgan fingerprint density at radius 2 is 1.83 bits per heavy atom. The van der Waals surface area contributed by atoms with Crippen molar-refractivity contribution in [2.45, 2.75) is 77.7 Å². The Morgan fingerprint density at radius 1 is 1.14 bits per heavy atom. The lowest BCUT2D eigenvalue weighted by molar-refractivity contribution is -0.0448. The van der Waals surface area contributed by atoms with Gasteiger partial charge in [-0.15, -0.1) is 0 Å². The largest absolute Gasteiger partial charge is 0.353 e.